The minimum Gasteiger partial charge on any atom is -0.493 e. The quantitative estimate of drug-likeness (QED) is 0.698. The first-order chi connectivity index (χ1) is 8.13. The molecule has 1 nitrogen and oxygen atoms in total. The van der Waals surface area contributed by atoms with E-state index >= 15 is 0 Å². The first-order valence-electron chi connectivity index (χ1n) is 6.22. The Balaban J connectivity index is 2.31. The monoisotopic (exact) mass is 316 g/mol. The maximum absolute atomic E-state index is 6.18. The third kappa shape index (κ3) is 2.79. The molecule has 0 spiro atoms. The van der Waals surface area contributed by atoms with Crippen molar-refractivity contribution in [2.75, 3.05) is 6.61 Å². The Morgan fingerprint density at radius 2 is 2.24 bits per heavy atom. The number of rotatable bonds is 4. The van der Waals surface area contributed by atoms with Crippen LogP contribution < -0.4 is 4.74 Å². The Kier molecular flexibility index (Phi) is 4.37. The molecule has 2 atom stereocenters. The smallest absolute Gasteiger partial charge is 0.127 e. The van der Waals surface area contributed by atoms with Crippen molar-refractivity contribution in [3.63, 3.8) is 0 Å². The molecule has 1 aliphatic rings. The van der Waals surface area contributed by atoms with Crippen LogP contribution in [0.1, 0.15) is 42.6 Å². The number of hydrogen-bond acceptors (Lipinski definition) is 1. The zero-order chi connectivity index (χ0) is 12.4. The highest BCUT2D eigenvalue weighted by atomic mass is 79.9. The SMILES string of the molecule is CCCC(C)C(Br)c1cc(Cl)cc2c1OCC2. The first-order valence-corrected chi connectivity index (χ1v) is 7.52. The molecule has 0 saturated carbocycles. The fourth-order valence-corrected chi connectivity index (χ4v) is 3.26. The van der Waals surface area contributed by atoms with Crippen molar-refractivity contribution in [1.29, 1.82) is 0 Å². The maximum atomic E-state index is 6.18. The standard InChI is InChI=1S/C14H18BrClO/c1-3-4-9(2)13(15)12-8-11(16)7-10-5-6-17-14(10)12/h7-9,13H,3-6H2,1-2H3. The first kappa shape index (κ1) is 13.2. The van der Waals surface area contributed by atoms with E-state index in [0.29, 0.717) is 10.7 Å². The van der Waals surface area contributed by atoms with Crippen LogP contribution in [0.5, 0.6) is 5.75 Å². The molecular formula is C14H18BrClO. The number of alkyl halides is 1. The van der Waals surface area contributed by atoms with Crippen molar-refractivity contribution in [2.24, 2.45) is 5.92 Å². The number of ether oxygens (including phenoxy) is 1. The second-order valence-corrected chi connectivity index (χ2v) is 6.17. The summed E-state index contributed by atoms with van der Waals surface area (Å²) in [6.45, 7) is 5.27. The van der Waals surface area contributed by atoms with Crippen molar-refractivity contribution in [3.05, 3.63) is 28.3 Å². The van der Waals surface area contributed by atoms with Gasteiger partial charge in [-0.15, -0.1) is 0 Å². The molecule has 17 heavy (non-hydrogen) atoms. The van der Waals surface area contributed by atoms with Gasteiger partial charge >= 0.3 is 0 Å². The van der Waals surface area contributed by atoms with E-state index in [4.69, 9.17) is 16.3 Å². The van der Waals surface area contributed by atoms with E-state index in [-0.39, 0.29) is 0 Å². The summed E-state index contributed by atoms with van der Waals surface area (Å²) in [7, 11) is 0. The summed E-state index contributed by atoms with van der Waals surface area (Å²) in [6, 6.07) is 4.06. The Bertz CT molecular complexity index is 405. The zero-order valence-electron chi connectivity index (χ0n) is 10.3. The molecule has 0 saturated heterocycles. The molecule has 94 valence electrons. The second kappa shape index (κ2) is 5.62. The van der Waals surface area contributed by atoms with Crippen molar-refractivity contribution in [1.82, 2.24) is 0 Å². The average molecular weight is 318 g/mol. The molecular weight excluding hydrogens is 300 g/mol. The highest BCUT2D eigenvalue weighted by Crippen LogP contribution is 2.43. The molecule has 1 aromatic carbocycles. The van der Waals surface area contributed by atoms with Crippen LogP contribution in [0.3, 0.4) is 0 Å². The lowest BCUT2D eigenvalue weighted by Gasteiger charge is -2.20. The van der Waals surface area contributed by atoms with Gasteiger partial charge in [0.05, 0.1) is 6.61 Å². The summed E-state index contributed by atoms with van der Waals surface area (Å²) < 4.78 is 5.75. The van der Waals surface area contributed by atoms with Crippen LogP contribution in [0, 0.1) is 5.92 Å². The molecule has 0 aliphatic carbocycles. The summed E-state index contributed by atoms with van der Waals surface area (Å²) in [5.41, 5.74) is 2.46. The molecule has 1 aliphatic heterocycles. The lowest BCUT2D eigenvalue weighted by molar-refractivity contribution is 0.350. The third-order valence-corrected chi connectivity index (χ3v) is 4.93. The van der Waals surface area contributed by atoms with Crippen molar-refractivity contribution >= 4 is 27.5 Å². The van der Waals surface area contributed by atoms with Gasteiger partial charge in [0.25, 0.3) is 0 Å². The summed E-state index contributed by atoms with van der Waals surface area (Å²) in [5.74, 6) is 1.64. The number of fused-ring (bicyclic) bond motifs is 1. The largest absolute Gasteiger partial charge is 0.493 e. The van der Waals surface area contributed by atoms with Gasteiger partial charge in [-0.25, -0.2) is 0 Å². The predicted molar refractivity (Wildman–Crippen MR) is 76.4 cm³/mol. The molecule has 0 N–H and O–H groups in total. The van der Waals surface area contributed by atoms with Gasteiger partial charge in [0.2, 0.25) is 0 Å². The minimum atomic E-state index is 0.327. The van der Waals surface area contributed by atoms with Crippen LogP contribution in [0.4, 0.5) is 0 Å². The lowest BCUT2D eigenvalue weighted by Crippen LogP contribution is -2.05. The molecule has 2 unspecified atom stereocenters. The van der Waals surface area contributed by atoms with E-state index < -0.39 is 0 Å². The van der Waals surface area contributed by atoms with Crippen LogP contribution in [-0.2, 0) is 6.42 Å². The number of halogens is 2. The lowest BCUT2D eigenvalue weighted by atomic mass is 9.95. The Labute approximate surface area is 117 Å². The summed E-state index contributed by atoms with van der Waals surface area (Å²) >= 11 is 9.98. The second-order valence-electron chi connectivity index (χ2n) is 4.75. The topological polar surface area (TPSA) is 9.23 Å². The van der Waals surface area contributed by atoms with E-state index in [2.05, 4.69) is 29.8 Å². The molecule has 0 aromatic heterocycles. The fraction of sp³-hybridized carbons (Fsp3) is 0.571. The Morgan fingerprint density at radius 3 is 2.94 bits per heavy atom. The van der Waals surface area contributed by atoms with E-state index in [1.165, 1.54) is 24.0 Å². The summed E-state index contributed by atoms with van der Waals surface area (Å²) in [4.78, 5) is 0.327. The molecule has 2 rings (SSSR count). The van der Waals surface area contributed by atoms with Gasteiger partial charge in [-0.05, 0) is 30.0 Å². The van der Waals surface area contributed by atoms with Crippen LogP contribution in [-0.4, -0.2) is 6.61 Å². The van der Waals surface area contributed by atoms with Gasteiger partial charge in [0, 0.05) is 21.8 Å². The van der Waals surface area contributed by atoms with Crippen molar-refractivity contribution in [2.45, 2.75) is 37.9 Å². The Morgan fingerprint density at radius 1 is 1.47 bits per heavy atom. The fourth-order valence-electron chi connectivity index (χ4n) is 2.41. The molecule has 0 fully saturated rings. The molecule has 1 aromatic rings. The van der Waals surface area contributed by atoms with E-state index in [1.807, 2.05) is 12.1 Å². The molecule has 1 heterocycles. The normalized spacial score (nSPS) is 17.4. The van der Waals surface area contributed by atoms with Gasteiger partial charge in [0.1, 0.15) is 5.75 Å². The predicted octanol–water partition coefficient (Wildman–Crippen LogP) is 5.15. The van der Waals surface area contributed by atoms with E-state index in [0.717, 1.165) is 23.8 Å². The van der Waals surface area contributed by atoms with E-state index in [1.54, 1.807) is 0 Å². The van der Waals surface area contributed by atoms with Crippen LogP contribution in [0.15, 0.2) is 12.1 Å². The molecule has 0 bridgehead atoms. The van der Waals surface area contributed by atoms with Gasteiger partial charge < -0.3 is 4.74 Å². The van der Waals surface area contributed by atoms with Crippen molar-refractivity contribution < 1.29 is 4.74 Å². The third-order valence-electron chi connectivity index (χ3n) is 3.32. The summed E-state index contributed by atoms with van der Waals surface area (Å²) in [5, 5.41) is 0.817. The highest BCUT2D eigenvalue weighted by Gasteiger charge is 2.24. The average Bonchev–Trinajstić information content (AvgIpc) is 2.75. The van der Waals surface area contributed by atoms with E-state index in [9.17, 15) is 0 Å². The molecule has 3 heteroatoms. The van der Waals surface area contributed by atoms with Crippen LogP contribution >= 0.6 is 27.5 Å². The Hall–Kier alpha value is -0.210. The number of benzene rings is 1. The van der Waals surface area contributed by atoms with Crippen LogP contribution in [0.2, 0.25) is 5.02 Å². The number of hydrogen-bond donors (Lipinski definition) is 0. The van der Waals surface area contributed by atoms with Gasteiger partial charge in [-0.3, -0.25) is 0 Å². The van der Waals surface area contributed by atoms with Gasteiger partial charge in [0.15, 0.2) is 0 Å². The van der Waals surface area contributed by atoms with Gasteiger partial charge in [-0.2, -0.15) is 0 Å². The molecule has 0 amide bonds. The maximum Gasteiger partial charge on any atom is 0.127 e. The minimum absolute atomic E-state index is 0.327. The van der Waals surface area contributed by atoms with Crippen molar-refractivity contribution in [3.8, 4) is 5.75 Å². The van der Waals surface area contributed by atoms with Crippen LogP contribution in [0.25, 0.3) is 0 Å². The zero-order valence-corrected chi connectivity index (χ0v) is 12.6. The van der Waals surface area contributed by atoms with Gasteiger partial charge in [-0.1, -0.05) is 47.8 Å². The molecule has 0 radical (unpaired) electrons. The summed E-state index contributed by atoms with van der Waals surface area (Å²) in [6.07, 6.45) is 3.38. The highest BCUT2D eigenvalue weighted by molar-refractivity contribution is 9.09.